The van der Waals surface area contributed by atoms with Gasteiger partial charge in [-0.3, -0.25) is 14.5 Å². The third-order valence-electron chi connectivity index (χ3n) is 5.13. The number of anilines is 2. The van der Waals surface area contributed by atoms with Gasteiger partial charge in [0, 0.05) is 37.9 Å². The van der Waals surface area contributed by atoms with Crippen LogP contribution in [0.4, 0.5) is 11.5 Å². The van der Waals surface area contributed by atoms with Crippen molar-refractivity contribution in [2.24, 2.45) is 0 Å². The molecule has 172 valence electrons. The van der Waals surface area contributed by atoms with Gasteiger partial charge in [-0.05, 0) is 56.6 Å². The first-order valence-electron chi connectivity index (χ1n) is 10.6. The summed E-state index contributed by atoms with van der Waals surface area (Å²) in [5.41, 5.74) is 1.44. The van der Waals surface area contributed by atoms with Gasteiger partial charge in [0.25, 0.3) is 0 Å². The number of nitrogens with one attached hydrogen (secondary N) is 2. The van der Waals surface area contributed by atoms with Crippen LogP contribution in [0, 0.1) is 6.92 Å². The number of hydrogen-bond donors (Lipinski definition) is 2. The summed E-state index contributed by atoms with van der Waals surface area (Å²) in [4.78, 5) is 30.5. The number of pyridine rings is 1. The van der Waals surface area contributed by atoms with Gasteiger partial charge in [0.05, 0.1) is 11.4 Å². The van der Waals surface area contributed by atoms with Gasteiger partial charge in [-0.1, -0.05) is 12.1 Å². The van der Waals surface area contributed by atoms with E-state index in [0.29, 0.717) is 31.1 Å². The predicted molar refractivity (Wildman–Crippen MR) is 123 cm³/mol. The van der Waals surface area contributed by atoms with E-state index in [1.165, 1.54) is 10.4 Å². The van der Waals surface area contributed by atoms with Crippen LogP contribution in [0.25, 0.3) is 0 Å². The summed E-state index contributed by atoms with van der Waals surface area (Å²) in [6.45, 7) is 3.45. The second kappa shape index (κ2) is 10.7. The zero-order valence-electron chi connectivity index (χ0n) is 18.4. The fraction of sp³-hybridized carbons (Fsp3) is 0.409. The molecule has 3 rings (SSSR count). The molecule has 0 aliphatic carbocycles. The number of nitrogens with zero attached hydrogens (tertiary/aromatic N) is 3. The summed E-state index contributed by atoms with van der Waals surface area (Å²) in [5.74, 6) is 0.00719. The van der Waals surface area contributed by atoms with Crippen molar-refractivity contribution in [3.63, 3.8) is 0 Å². The van der Waals surface area contributed by atoms with Gasteiger partial charge < -0.3 is 10.6 Å². The van der Waals surface area contributed by atoms with Crippen LogP contribution in [0.5, 0.6) is 0 Å². The number of benzene rings is 1. The summed E-state index contributed by atoms with van der Waals surface area (Å²) in [7, 11) is -1.79. The fourth-order valence-corrected chi connectivity index (χ4v) is 4.94. The van der Waals surface area contributed by atoms with Gasteiger partial charge in [0.2, 0.25) is 21.8 Å². The quantitative estimate of drug-likeness (QED) is 0.594. The average molecular weight is 460 g/mol. The third kappa shape index (κ3) is 6.59. The third-order valence-corrected chi connectivity index (χ3v) is 7.03. The Morgan fingerprint density at radius 1 is 1.09 bits per heavy atom. The Labute approximate surface area is 188 Å². The Morgan fingerprint density at radius 3 is 2.53 bits per heavy atom. The molecule has 2 aromatic rings. The standard InChI is InChI=1S/C22H29N5O4S/c1-17-8-9-20(23-15-17)25-22(29)16-26(2)13-10-21(28)24-18-6-5-7-19(14-18)32(30,31)27-11-3-4-12-27/h5-9,14-15H,3-4,10-13,16H2,1-2H3,(H,24,28)(H,23,25,29). The molecule has 9 nitrogen and oxygen atoms in total. The molecular formula is C22H29N5O4S. The van der Waals surface area contributed by atoms with E-state index in [-0.39, 0.29) is 29.7 Å². The average Bonchev–Trinajstić information content (AvgIpc) is 3.30. The minimum Gasteiger partial charge on any atom is -0.326 e. The lowest BCUT2D eigenvalue weighted by molar-refractivity contribution is -0.119. The van der Waals surface area contributed by atoms with Crippen molar-refractivity contribution in [3.8, 4) is 0 Å². The van der Waals surface area contributed by atoms with E-state index >= 15 is 0 Å². The Balaban J connectivity index is 1.47. The van der Waals surface area contributed by atoms with Gasteiger partial charge in [0.1, 0.15) is 5.82 Å². The molecule has 10 heteroatoms. The molecule has 32 heavy (non-hydrogen) atoms. The maximum Gasteiger partial charge on any atom is 0.243 e. The van der Waals surface area contributed by atoms with E-state index in [1.807, 2.05) is 13.0 Å². The van der Waals surface area contributed by atoms with Crippen LogP contribution < -0.4 is 10.6 Å². The van der Waals surface area contributed by atoms with Crippen molar-refractivity contribution in [2.75, 3.05) is 43.9 Å². The molecule has 1 aromatic heterocycles. The highest BCUT2D eigenvalue weighted by atomic mass is 32.2. The number of aromatic nitrogens is 1. The van der Waals surface area contributed by atoms with E-state index in [0.717, 1.165) is 18.4 Å². The normalized spacial score (nSPS) is 14.5. The summed E-state index contributed by atoms with van der Waals surface area (Å²) < 4.78 is 26.9. The molecule has 0 spiro atoms. The number of sulfonamides is 1. The molecule has 1 aliphatic rings. The predicted octanol–water partition coefficient (Wildman–Crippen LogP) is 2.07. The number of carbonyl (C=O) groups excluding carboxylic acids is 2. The molecule has 0 unspecified atom stereocenters. The molecular weight excluding hydrogens is 430 g/mol. The van der Waals surface area contributed by atoms with Crippen LogP contribution in [-0.4, -0.2) is 67.6 Å². The van der Waals surface area contributed by atoms with Crippen molar-refractivity contribution >= 4 is 33.3 Å². The molecule has 0 bridgehead atoms. The van der Waals surface area contributed by atoms with Crippen LogP contribution in [0.2, 0.25) is 0 Å². The smallest absolute Gasteiger partial charge is 0.243 e. The highest BCUT2D eigenvalue weighted by Crippen LogP contribution is 2.23. The Morgan fingerprint density at radius 2 is 1.84 bits per heavy atom. The van der Waals surface area contributed by atoms with Crippen molar-refractivity contribution in [1.29, 1.82) is 0 Å². The van der Waals surface area contributed by atoms with Gasteiger partial charge in [-0.25, -0.2) is 13.4 Å². The van der Waals surface area contributed by atoms with Gasteiger partial charge in [0.15, 0.2) is 0 Å². The molecule has 0 saturated carbocycles. The molecule has 0 atom stereocenters. The maximum absolute atomic E-state index is 12.7. The largest absolute Gasteiger partial charge is 0.326 e. The lowest BCUT2D eigenvalue weighted by Crippen LogP contribution is -2.32. The lowest BCUT2D eigenvalue weighted by Gasteiger charge is -2.17. The second-order valence-corrected chi connectivity index (χ2v) is 9.88. The first-order valence-corrected chi connectivity index (χ1v) is 12.0. The highest BCUT2D eigenvalue weighted by Gasteiger charge is 2.27. The van der Waals surface area contributed by atoms with Crippen molar-refractivity contribution < 1.29 is 18.0 Å². The first kappa shape index (κ1) is 23.8. The SMILES string of the molecule is Cc1ccc(NC(=O)CN(C)CCC(=O)Nc2cccc(S(=O)(=O)N3CCCC3)c2)nc1. The fourth-order valence-electron chi connectivity index (χ4n) is 3.38. The zero-order chi connectivity index (χ0) is 23.1. The summed E-state index contributed by atoms with van der Waals surface area (Å²) >= 11 is 0. The van der Waals surface area contributed by atoms with E-state index in [9.17, 15) is 18.0 Å². The van der Waals surface area contributed by atoms with Gasteiger partial charge in [-0.15, -0.1) is 0 Å². The van der Waals surface area contributed by atoms with Crippen LogP contribution >= 0.6 is 0 Å². The van der Waals surface area contributed by atoms with Gasteiger partial charge in [-0.2, -0.15) is 4.31 Å². The number of carbonyl (C=O) groups is 2. The zero-order valence-corrected chi connectivity index (χ0v) is 19.2. The van der Waals surface area contributed by atoms with Crippen LogP contribution in [0.15, 0.2) is 47.5 Å². The maximum atomic E-state index is 12.7. The van der Waals surface area contributed by atoms with E-state index in [4.69, 9.17) is 0 Å². The molecule has 1 aliphatic heterocycles. The second-order valence-electron chi connectivity index (χ2n) is 7.94. The van der Waals surface area contributed by atoms with E-state index in [2.05, 4.69) is 15.6 Å². The molecule has 2 N–H and O–H groups in total. The Bertz CT molecular complexity index is 1050. The minimum absolute atomic E-state index is 0.117. The summed E-state index contributed by atoms with van der Waals surface area (Å²) in [6.07, 6.45) is 3.57. The molecule has 1 saturated heterocycles. The molecule has 2 heterocycles. The van der Waals surface area contributed by atoms with E-state index in [1.54, 1.807) is 42.4 Å². The number of likely N-dealkylation sites (N-methyl/N-ethyl adjacent to an activating group) is 1. The first-order chi connectivity index (χ1) is 15.2. The number of amides is 2. The lowest BCUT2D eigenvalue weighted by atomic mass is 10.3. The van der Waals surface area contributed by atoms with Crippen molar-refractivity contribution in [2.45, 2.75) is 31.1 Å². The Kier molecular flexibility index (Phi) is 7.94. The molecule has 1 fully saturated rings. The monoisotopic (exact) mass is 459 g/mol. The number of rotatable bonds is 9. The van der Waals surface area contributed by atoms with Crippen LogP contribution in [0.1, 0.15) is 24.8 Å². The molecule has 2 amide bonds. The molecule has 0 radical (unpaired) electrons. The van der Waals surface area contributed by atoms with Crippen LogP contribution in [0.3, 0.4) is 0 Å². The minimum atomic E-state index is -3.54. The van der Waals surface area contributed by atoms with Crippen molar-refractivity contribution in [3.05, 3.63) is 48.2 Å². The number of hydrogen-bond acceptors (Lipinski definition) is 6. The topological polar surface area (TPSA) is 112 Å². The highest BCUT2D eigenvalue weighted by molar-refractivity contribution is 7.89. The Hall–Kier alpha value is -2.82. The summed E-state index contributed by atoms with van der Waals surface area (Å²) in [6, 6.07) is 9.90. The van der Waals surface area contributed by atoms with Gasteiger partial charge >= 0.3 is 0 Å². The summed E-state index contributed by atoms with van der Waals surface area (Å²) in [5, 5.41) is 5.46. The van der Waals surface area contributed by atoms with E-state index < -0.39 is 10.0 Å². The van der Waals surface area contributed by atoms with Crippen LogP contribution in [-0.2, 0) is 19.6 Å². The molecule has 1 aromatic carbocycles. The number of aryl methyl sites for hydroxylation is 1. The van der Waals surface area contributed by atoms with Crippen molar-refractivity contribution in [1.82, 2.24) is 14.2 Å².